The summed E-state index contributed by atoms with van der Waals surface area (Å²) in [6, 6.07) is -0.695. The monoisotopic (exact) mass is 311 g/mol. The molecule has 0 aliphatic rings. The van der Waals surface area contributed by atoms with Crippen LogP contribution in [0.2, 0.25) is 0 Å². The van der Waals surface area contributed by atoms with Gasteiger partial charge >= 0.3 is 0 Å². The van der Waals surface area contributed by atoms with Crippen LogP contribution in [0.4, 0.5) is 0 Å². The summed E-state index contributed by atoms with van der Waals surface area (Å²) in [5.74, 6) is -0.778. The number of hydrogen-bond acceptors (Lipinski definition) is 4. The van der Waals surface area contributed by atoms with Crippen LogP contribution in [0.25, 0.3) is 0 Å². The van der Waals surface area contributed by atoms with Crippen LogP contribution in [-0.4, -0.2) is 36.2 Å². The summed E-state index contributed by atoms with van der Waals surface area (Å²) in [5.41, 5.74) is 5.02. The number of nitrogens with one attached hydrogen (secondary N) is 2. The standard InChI is InChI=1S/C16H29N3O3/c1-5-7-8-9-16(4,17)15(22)19-13(12(3)6-2)14(21)18-10-11-20/h5,11-13H,1,6-10,17H2,2-4H3,(H,18,21)(H,19,22)/t12-,13-,16-/m0/s1. The van der Waals surface area contributed by atoms with Gasteiger partial charge in [-0.25, -0.2) is 0 Å². The first-order valence-corrected chi connectivity index (χ1v) is 7.72. The molecule has 22 heavy (non-hydrogen) atoms. The largest absolute Gasteiger partial charge is 0.348 e. The minimum atomic E-state index is -1.04. The van der Waals surface area contributed by atoms with Crippen molar-refractivity contribution in [3.05, 3.63) is 12.7 Å². The maximum atomic E-state index is 12.4. The molecular weight excluding hydrogens is 282 g/mol. The highest BCUT2D eigenvalue weighted by Crippen LogP contribution is 2.14. The molecule has 0 rings (SSSR count). The highest BCUT2D eigenvalue weighted by atomic mass is 16.2. The normalized spacial score (nSPS) is 16.0. The summed E-state index contributed by atoms with van der Waals surface area (Å²) in [6.07, 6.45) is 5.16. The summed E-state index contributed by atoms with van der Waals surface area (Å²) in [4.78, 5) is 34.8. The number of allylic oxidation sites excluding steroid dienone is 1. The van der Waals surface area contributed by atoms with Crippen molar-refractivity contribution < 1.29 is 14.4 Å². The van der Waals surface area contributed by atoms with Crippen LogP contribution < -0.4 is 16.4 Å². The number of rotatable bonds is 11. The fraction of sp³-hybridized carbons (Fsp3) is 0.688. The van der Waals surface area contributed by atoms with Gasteiger partial charge in [0.2, 0.25) is 11.8 Å². The minimum Gasteiger partial charge on any atom is -0.348 e. The molecule has 3 atom stereocenters. The lowest BCUT2D eigenvalue weighted by Crippen LogP contribution is -2.59. The molecule has 0 spiro atoms. The first-order chi connectivity index (χ1) is 10.3. The average Bonchev–Trinajstić information content (AvgIpc) is 2.49. The Bertz CT molecular complexity index is 394. The highest BCUT2D eigenvalue weighted by Gasteiger charge is 2.33. The maximum absolute atomic E-state index is 12.4. The van der Waals surface area contributed by atoms with E-state index in [4.69, 9.17) is 5.73 Å². The molecule has 0 aromatic rings. The van der Waals surface area contributed by atoms with Gasteiger partial charge in [-0.3, -0.25) is 9.59 Å². The van der Waals surface area contributed by atoms with E-state index < -0.39 is 11.6 Å². The molecule has 0 saturated carbocycles. The van der Waals surface area contributed by atoms with Crippen molar-refractivity contribution in [1.82, 2.24) is 10.6 Å². The van der Waals surface area contributed by atoms with Crippen molar-refractivity contribution in [1.29, 1.82) is 0 Å². The Morgan fingerprint density at radius 3 is 2.55 bits per heavy atom. The van der Waals surface area contributed by atoms with Gasteiger partial charge in [-0.1, -0.05) is 26.3 Å². The molecular formula is C16H29N3O3. The van der Waals surface area contributed by atoms with Gasteiger partial charge in [-0.05, 0) is 32.1 Å². The molecule has 2 amide bonds. The van der Waals surface area contributed by atoms with Crippen molar-refractivity contribution >= 4 is 18.1 Å². The molecule has 0 unspecified atom stereocenters. The number of unbranched alkanes of at least 4 members (excludes halogenated alkanes) is 1. The third kappa shape index (κ3) is 6.85. The maximum Gasteiger partial charge on any atom is 0.243 e. The van der Waals surface area contributed by atoms with E-state index >= 15 is 0 Å². The summed E-state index contributed by atoms with van der Waals surface area (Å²) < 4.78 is 0. The van der Waals surface area contributed by atoms with Crippen LogP contribution in [0.15, 0.2) is 12.7 Å². The molecule has 126 valence electrons. The van der Waals surface area contributed by atoms with Crippen molar-refractivity contribution in [2.45, 2.75) is 58.0 Å². The number of nitrogens with two attached hydrogens (primary N) is 1. The average molecular weight is 311 g/mol. The molecule has 0 aliphatic heterocycles. The van der Waals surface area contributed by atoms with E-state index in [2.05, 4.69) is 17.2 Å². The lowest BCUT2D eigenvalue weighted by atomic mass is 9.92. The minimum absolute atomic E-state index is 0.0559. The molecule has 0 aromatic carbocycles. The van der Waals surface area contributed by atoms with E-state index in [0.29, 0.717) is 12.7 Å². The number of carbonyl (C=O) groups excluding carboxylic acids is 3. The van der Waals surface area contributed by atoms with Crippen molar-refractivity contribution in [2.24, 2.45) is 11.7 Å². The van der Waals surface area contributed by atoms with E-state index in [0.717, 1.165) is 19.3 Å². The summed E-state index contributed by atoms with van der Waals surface area (Å²) in [6.45, 7) is 9.03. The second-order valence-electron chi connectivity index (χ2n) is 5.85. The second-order valence-corrected chi connectivity index (χ2v) is 5.85. The van der Waals surface area contributed by atoms with Gasteiger partial charge in [0.15, 0.2) is 0 Å². The van der Waals surface area contributed by atoms with Crippen LogP contribution in [-0.2, 0) is 14.4 Å². The second kappa shape index (κ2) is 10.1. The van der Waals surface area contributed by atoms with Gasteiger partial charge in [-0.15, -0.1) is 6.58 Å². The van der Waals surface area contributed by atoms with Gasteiger partial charge in [0.05, 0.1) is 12.1 Å². The van der Waals surface area contributed by atoms with Gasteiger partial charge < -0.3 is 21.2 Å². The van der Waals surface area contributed by atoms with Crippen molar-refractivity contribution in [3.8, 4) is 0 Å². The van der Waals surface area contributed by atoms with E-state index in [1.54, 1.807) is 13.0 Å². The summed E-state index contributed by atoms with van der Waals surface area (Å²) in [5, 5.41) is 5.21. The van der Waals surface area contributed by atoms with Crippen molar-refractivity contribution in [3.63, 3.8) is 0 Å². The number of amides is 2. The Morgan fingerprint density at radius 1 is 1.41 bits per heavy atom. The molecule has 0 aromatic heterocycles. The number of hydrogen-bond donors (Lipinski definition) is 3. The van der Waals surface area contributed by atoms with Crippen LogP contribution >= 0.6 is 0 Å². The quantitative estimate of drug-likeness (QED) is 0.300. The Hall–Kier alpha value is -1.69. The highest BCUT2D eigenvalue weighted by molar-refractivity contribution is 5.92. The Labute approximate surface area is 132 Å². The SMILES string of the molecule is C=CCCC[C@](C)(N)C(=O)N[C@H](C(=O)NCC=O)[C@@H](C)CC. The Balaban J connectivity index is 4.82. The van der Waals surface area contributed by atoms with Gasteiger partial charge in [0.1, 0.15) is 12.3 Å². The molecule has 6 nitrogen and oxygen atoms in total. The fourth-order valence-corrected chi connectivity index (χ4v) is 1.99. The van der Waals surface area contributed by atoms with E-state index in [-0.39, 0.29) is 24.3 Å². The van der Waals surface area contributed by atoms with Crippen LogP contribution in [0, 0.1) is 5.92 Å². The molecule has 0 bridgehead atoms. The number of carbonyl (C=O) groups is 3. The number of aldehydes is 1. The molecule has 6 heteroatoms. The first-order valence-electron chi connectivity index (χ1n) is 7.72. The third-order valence-corrected chi connectivity index (χ3v) is 3.76. The lowest BCUT2D eigenvalue weighted by Gasteiger charge is -2.29. The van der Waals surface area contributed by atoms with Gasteiger partial charge in [0, 0.05) is 0 Å². The zero-order chi connectivity index (χ0) is 17.2. The fourth-order valence-electron chi connectivity index (χ4n) is 1.99. The van der Waals surface area contributed by atoms with Crippen LogP contribution in [0.3, 0.4) is 0 Å². The van der Waals surface area contributed by atoms with Gasteiger partial charge in [-0.2, -0.15) is 0 Å². The van der Waals surface area contributed by atoms with Gasteiger partial charge in [0.25, 0.3) is 0 Å². The molecule has 0 heterocycles. The zero-order valence-corrected chi connectivity index (χ0v) is 13.9. The van der Waals surface area contributed by atoms with E-state index in [9.17, 15) is 14.4 Å². The smallest absolute Gasteiger partial charge is 0.243 e. The molecule has 0 aliphatic carbocycles. The van der Waals surface area contributed by atoms with Crippen LogP contribution in [0.1, 0.15) is 46.5 Å². The molecule has 0 fully saturated rings. The summed E-state index contributed by atoms with van der Waals surface area (Å²) in [7, 11) is 0. The Morgan fingerprint density at radius 2 is 2.05 bits per heavy atom. The molecule has 0 radical (unpaired) electrons. The zero-order valence-electron chi connectivity index (χ0n) is 13.9. The summed E-state index contributed by atoms with van der Waals surface area (Å²) >= 11 is 0. The van der Waals surface area contributed by atoms with Crippen LogP contribution in [0.5, 0.6) is 0 Å². The predicted molar refractivity (Wildman–Crippen MR) is 87.1 cm³/mol. The predicted octanol–water partition coefficient (Wildman–Crippen LogP) is 0.906. The first kappa shape index (κ1) is 20.3. The lowest BCUT2D eigenvalue weighted by molar-refractivity contribution is -0.133. The molecule has 4 N–H and O–H groups in total. The Kier molecular flexibility index (Phi) is 9.33. The van der Waals surface area contributed by atoms with E-state index in [1.165, 1.54) is 0 Å². The third-order valence-electron chi connectivity index (χ3n) is 3.76. The topological polar surface area (TPSA) is 101 Å². The molecule has 0 saturated heterocycles. The van der Waals surface area contributed by atoms with Crippen molar-refractivity contribution in [2.75, 3.05) is 6.54 Å². The van der Waals surface area contributed by atoms with E-state index in [1.807, 2.05) is 13.8 Å².